The third kappa shape index (κ3) is 1.96. The summed E-state index contributed by atoms with van der Waals surface area (Å²) in [5.41, 5.74) is -0.396. The molecule has 0 unspecified atom stereocenters. The van der Waals surface area contributed by atoms with Crippen LogP contribution in [0.5, 0.6) is 0 Å². The second-order valence-corrected chi connectivity index (χ2v) is 4.15. The van der Waals surface area contributed by atoms with E-state index in [4.69, 9.17) is 5.11 Å². The Morgan fingerprint density at radius 2 is 2.25 bits per heavy atom. The lowest BCUT2D eigenvalue weighted by Gasteiger charge is -2.02. The third-order valence-corrected chi connectivity index (χ3v) is 2.59. The number of fused-ring (bicyclic) bond motifs is 1. The van der Waals surface area contributed by atoms with Crippen molar-refractivity contribution in [3.8, 4) is 0 Å². The average Bonchev–Trinajstić information content (AvgIpc) is 2.22. The Labute approximate surface area is 98.4 Å². The van der Waals surface area contributed by atoms with Gasteiger partial charge in [-0.15, -0.1) is 0 Å². The van der Waals surface area contributed by atoms with Crippen LogP contribution in [-0.2, 0) is 11.3 Å². The molecule has 16 heavy (non-hydrogen) atoms. The summed E-state index contributed by atoms with van der Waals surface area (Å²) in [6, 6.07) is 5.13. The van der Waals surface area contributed by atoms with Crippen molar-refractivity contribution in [3.63, 3.8) is 0 Å². The number of hydrogen-bond donors (Lipinski definition) is 1. The molecule has 0 bridgehead atoms. The van der Waals surface area contributed by atoms with Crippen LogP contribution < -0.4 is 5.56 Å². The van der Waals surface area contributed by atoms with Crippen LogP contribution >= 0.6 is 15.9 Å². The molecular weight excluding hydrogens is 276 g/mol. The number of carboxylic acid groups (broad SMARTS) is 1. The Balaban J connectivity index is 2.66. The van der Waals surface area contributed by atoms with Crippen molar-refractivity contribution in [2.24, 2.45) is 0 Å². The first-order chi connectivity index (χ1) is 7.58. The zero-order valence-corrected chi connectivity index (χ0v) is 9.64. The van der Waals surface area contributed by atoms with Crippen LogP contribution in [0.2, 0.25) is 0 Å². The fourth-order valence-corrected chi connectivity index (χ4v) is 1.78. The zero-order valence-electron chi connectivity index (χ0n) is 8.05. The molecule has 82 valence electrons. The molecule has 1 aromatic carbocycles. The molecule has 0 amide bonds. The predicted molar refractivity (Wildman–Crippen MR) is 61.3 cm³/mol. The molecule has 2 aromatic rings. The molecule has 1 N–H and O–H groups in total. The molecular formula is C10H7BrN2O3. The Morgan fingerprint density at radius 3 is 2.94 bits per heavy atom. The standard InChI is InChI=1S/C10H7BrN2O3/c11-7-1-2-8-6(3-7)4-12-13(10(8)16)5-9(14)15/h1-4H,5H2,(H,14,15). The van der Waals surface area contributed by atoms with Crippen LogP contribution in [0.25, 0.3) is 10.8 Å². The molecule has 6 heteroatoms. The van der Waals surface area contributed by atoms with Crippen molar-refractivity contribution in [3.05, 3.63) is 39.2 Å². The van der Waals surface area contributed by atoms with Crippen LogP contribution in [0, 0.1) is 0 Å². The highest BCUT2D eigenvalue weighted by Crippen LogP contribution is 2.15. The Bertz CT molecular complexity index is 621. The summed E-state index contributed by atoms with van der Waals surface area (Å²) >= 11 is 3.29. The number of benzene rings is 1. The predicted octanol–water partition coefficient (Wildman–Crippen LogP) is 1.24. The molecule has 1 heterocycles. The zero-order chi connectivity index (χ0) is 11.7. The van der Waals surface area contributed by atoms with Gasteiger partial charge in [0.1, 0.15) is 6.54 Å². The van der Waals surface area contributed by atoms with Crippen LogP contribution in [0.4, 0.5) is 0 Å². The Kier molecular flexibility index (Phi) is 2.74. The van der Waals surface area contributed by atoms with Crippen molar-refractivity contribution in [1.82, 2.24) is 9.78 Å². The smallest absolute Gasteiger partial charge is 0.325 e. The summed E-state index contributed by atoms with van der Waals surface area (Å²) in [6.45, 7) is -0.426. The molecule has 0 aliphatic heterocycles. The molecule has 0 saturated heterocycles. The number of carbonyl (C=O) groups is 1. The van der Waals surface area contributed by atoms with E-state index in [0.717, 1.165) is 9.15 Å². The number of carboxylic acids is 1. The van der Waals surface area contributed by atoms with Crippen LogP contribution in [-0.4, -0.2) is 20.9 Å². The van der Waals surface area contributed by atoms with Gasteiger partial charge in [0.25, 0.3) is 5.56 Å². The van der Waals surface area contributed by atoms with E-state index in [2.05, 4.69) is 21.0 Å². The lowest BCUT2D eigenvalue weighted by atomic mass is 10.2. The van der Waals surface area contributed by atoms with E-state index in [0.29, 0.717) is 10.8 Å². The van der Waals surface area contributed by atoms with Crippen molar-refractivity contribution in [1.29, 1.82) is 0 Å². The Hall–Kier alpha value is -1.69. The van der Waals surface area contributed by atoms with E-state index >= 15 is 0 Å². The lowest BCUT2D eigenvalue weighted by molar-refractivity contribution is -0.137. The SMILES string of the molecule is O=C(O)Cn1ncc2cc(Br)ccc2c1=O. The Morgan fingerprint density at radius 1 is 1.50 bits per heavy atom. The summed E-state index contributed by atoms with van der Waals surface area (Å²) < 4.78 is 1.77. The van der Waals surface area contributed by atoms with Crippen LogP contribution in [0.15, 0.2) is 33.7 Å². The van der Waals surface area contributed by atoms with Gasteiger partial charge in [-0.3, -0.25) is 9.59 Å². The molecule has 0 saturated carbocycles. The van der Waals surface area contributed by atoms with E-state index in [9.17, 15) is 9.59 Å². The van der Waals surface area contributed by atoms with Crippen molar-refractivity contribution in [2.45, 2.75) is 6.54 Å². The van der Waals surface area contributed by atoms with Gasteiger partial charge in [0.05, 0.1) is 11.6 Å². The van der Waals surface area contributed by atoms with Crippen molar-refractivity contribution >= 4 is 32.7 Å². The fourth-order valence-electron chi connectivity index (χ4n) is 1.40. The highest BCUT2D eigenvalue weighted by atomic mass is 79.9. The molecule has 0 aliphatic rings. The van der Waals surface area contributed by atoms with E-state index in [1.165, 1.54) is 6.20 Å². The first-order valence-corrected chi connectivity index (χ1v) is 5.24. The topological polar surface area (TPSA) is 72.2 Å². The first kappa shape index (κ1) is 10.8. The minimum Gasteiger partial charge on any atom is -0.480 e. The van der Waals surface area contributed by atoms with Crippen molar-refractivity contribution in [2.75, 3.05) is 0 Å². The molecule has 0 aliphatic carbocycles. The minimum atomic E-state index is -1.09. The molecule has 0 fully saturated rings. The summed E-state index contributed by atoms with van der Waals surface area (Å²) in [4.78, 5) is 22.3. The second kappa shape index (κ2) is 4.05. The van der Waals surface area contributed by atoms with Gasteiger partial charge in [-0.25, -0.2) is 4.68 Å². The summed E-state index contributed by atoms with van der Waals surface area (Å²) in [5, 5.41) is 13.5. The lowest BCUT2D eigenvalue weighted by Crippen LogP contribution is -2.26. The van der Waals surface area contributed by atoms with E-state index in [1.807, 2.05) is 0 Å². The van der Waals surface area contributed by atoms with Crippen molar-refractivity contribution < 1.29 is 9.90 Å². The van der Waals surface area contributed by atoms with Gasteiger partial charge in [-0.1, -0.05) is 15.9 Å². The maximum Gasteiger partial charge on any atom is 0.325 e. The molecule has 2 rings (SSSR count). The molecule has 0 spiro atoms. The number of aromatic nitrogens is 2. The van der Waals surface area contributed by atoms with Gasteiger partial charge in [-0.2, -0.15) is 5.10 Å². The van der Waals surface area contributed by atoms with Gasteiger partial charge in [0, 0.05) is 9.86 Å². The highest BCUT2D eigenvalue weighted by molar-refractivity contribution is 9.10. The summed E-state index contributed by atoms with van der Waals surface area (Å²) in [7, 11) is 0. The van der Waals surface area contributed by atoms with Gasteiger partial charge >= 0.3 is 5.97 Å². The number of aliphatic carboxylic acids is 1. The van der Waals surface area contributed by atoms with E-state index < -0.39 is 18.1 Å². The first-order valence-electron chi connectivity index (χ1n) is 4.45. The van der Waals surface area contributed by atoms with E-state index in [-0.39, 0.29) is 0 Å². The second-order valence-electron chi connectivity index (χ2n) is 3.23. The van der Waals surface area contributed by atoms with Gasteiger partial charge < -0.3 is 5.11 Å². The third-order valence-electron chi connectivity index (χ3n) is 2.10. The van der Waals surface area contributed by atoms with Gasteiger partial charge in [0.15, 0.2) is 0 Å². The fraction of sp³-hybridized carbons (Fsp3) is 0.100. The number of halogens is 1. The average molecular weight is 283 g/mol. The monoisotopic (exact) mass is 282 g/mol. The summed E-state index contributed by atoms with van der Waals surface area (Å²) in [6.07, 6.45) is 1.48. The largest absolute Gasteiger partial charge is 0.480 e. The maximum absolute atomic E-state index is 11.8. The normalized spacial score (nSPS) is 10.6. The molecule has 5 nitrogen and oxygen atoms in total. The van der Waals surface area contributed by atoms with Crippen LogP contribution in [0.3, 0.4) is 0 Å². The maximum atomic E-state index is 11.8. The minimum absolute atomic E-state index is 0.396. The molecule has 1 aromatic heterocycles. The highest BCUT2D eigenvalue weighted by Gasteiger charge is 2.06. The molecule has 0 radical (unpaired) electrons. The van der Waals surface area contributed by atoms with Gasteiger partial charge in [-0.05, 0) is 18.2 Å². The molecule has 0 atom stereocenters. The quantitative estimate of drug-likeness (QED) is 0.900. The summed E-state index contributed by atoms with van der Waals surface area (Å²) in [5.74, 6) is -1.09. The number of hydrogen-bond acceptors (Lipinski definition) is 3. The van der Waals surface area contributed by atoms with E-state index in [1.54, 1.807) is 18.2 Å². The van der Waals surface area contributed by atoms with Gasteiger partial charge in [0.2, 0.25) is 0 Å². The van der Waals surface area contributed by atoms with Crippen LogP contribution in [0.1, 0.15) is 0 Å². The number of nitrogens with zero attached hydrogens (tertiary/aromatic N) is 2. The number of rotatable bonds is 2.